The summed E-state index contributed by atoms with van der Waals surface area (Å²) >= 11 is 0. The van der Waals surface area contributed by atoms with Gasteiger partial charge >= 0.3 is 0 Å². The Balaban J connectivity index is 3.95. The lowest BCUT2D eigenvalue weighted by atomic mass is 9.85. The Bertz CT molecular complexity index is 102. The first-order valence-corrected chi connectivity index (χ1v) is 4.85. The molecular formula is C10H22O2. The van der Waals surface area contributed by atoms with Gasteiger partial charge in [-0.05, 0) is 31.6 Å². The molecule has 0 amide bonds. The van der Waals surface area contributed by atoms with Crippen LogP contribution in [0.3, 0.4) is 0 Å². The quantitative estimate of drug-likeness (QED) is 0.667. The third kappa shape index (κ3) is 4.07. The molecule has 0 saturated carbocycles. The van der Waals surface area contributed by atoms with Crippen LogP contribution in [0.15, 0.2) is 0 Å². The van der Waals surface area contributed by atoms with Crippen LogP contribution in [-0.4, -0.2) is 22.4 Å². The van der Waals surface area contributed by atoms with Crippen molar-refractivity contribution in [3.8, 4) is 0 Å². The molecule has 0 saturated heterocycles. The average Bonchev–Trinajstić information content (AvgIpc) is 1.98. The van der Waals surface area contributed by atoms with Crippen LogP contribution in [0.5, 0.6) is 0 Å². The Morgan fingerprint density at radius 3 is 1.83 bits per heavy atom. The van der Waals surface area contributed by atoms with Gasteiger partial charge in [0.2, 0.25) is 0 Å². The van der Waals surface area contributed by atoms with E-state index in [0.717, 1.165) is 6.42 Å². The maximum atomic E-state index is 9.42. The van der Waals surface area contributed by atoms with Crippen molar-refractivity contribution in [3.63, 3.8) is 0 Å². The van der Waals surface area contributed by atoms with Crippen LogP contribution in [0.1, 0.15) is 40.5 Å². The highest BCUT2D eigenvalue weighted by Crippen LogP contribution is 2.21. The molecular weight excluding hydrogens is 152 g/mol. The molecule has 0 radical (unpaired) electrons. The maximum absolute atomic E-state index is 9.42. The summed E-state index contributed by atoms with van der Waals surface area (Å²) in [4.78, 5) is 0. The van der Waals surface area contributed by atoms with Gasteiger partial charge in [-0.2, -0.15) is 0 Å². The van der Waals surface area contributed by atoms with Crippen LogP contribution in [0.25, 0.3) is 0 Å². The summed E-state index contributed by atoms with van der Waals surface area (Å²) in [5, 5.41) is 18.8. The topological polar surface area (TPSA) is 40.5 Å². The number of hydrogen-bond acceptors (Lipinski definition) is 2. The monoisotopic (exact) mass is 174 g/mol. The van der Waals surface area contributed by atoms with Crippen molar-refractivity contribution in [2.75, 3.05) is 0 Å². The normalized spacial score (nSPS) is 19.2. The summed E-state index contributed by atoms with van der Waals surface area (Å²) < 4.78 is 0. The largest absolute Gasteiger partial charge is 0.393 e. The van der Waals surface area contributed by atoms with E-state index in [1.165, 1.54) is 0 Å². The van der Waals surface area contributed by atoms with Crippen molar-refractivity contribution in [1.82, 2.24) is 0 Å². The fourth-order valence-corrected chi connectivity index (χ4v) is 1.51. The number of aliphatic hydroxyl groups excluding tert-OH is 2. The van der Waals surface area contributed by atoms with Crippen LogP contribution in [0, 0.1) is 11.8 Å². The van der Waals surface area contributed by atoms with E-state index in [1.54, 1.807) is 6.92 Å². The molecule has 0 fully saturated rings. The lowest BCUT2D eigenvalue weighted by molar-refractivity contribution is 0.0480. The van der Waals surface area contributed by atoms with Gasteiger partial charge in [0.15, 0.2) is 0 Å². The first kappa shape index (κ1) is 11.9. The van der Waals surface area contributed by atoms with Crippen molar-refractivity contribution in [3.05, 3.63) is 0 Å². The zero-order valence-corrected chi connectivity index (χ0v) is 8.62. The highest BCUT2D eigenvalue weighted by Gasteiger charge is 2.21. The molecule has 3 atom stereocenters. The third-order valence-corrected chi connectivity index (χ3v) is 2.49. The SMILES string of the molecule is CCC(O)CC(C(C)C)C(C)O. The van der Waals surface area contributed by atoms with Gasteiger partial charge in [-0.1, -0.05) is 20.8 Å². The standard InChI is InChI=1S/C10H22O2/c1-5-9(12)6-10(7(2)3)8(4)11/h7-12H,5-6H2,1-4H3. The summed E-state index contributed by atoms with van der Waals surface area (Å²) in [6, 6.07) is 0. The molecule has 12 heavy (non-hydrogen) atoms. The first-order chi connectivity index (χ1) is 5.49. The molecule has 0 aromatic rings. The smallest absolute Gasteiger partial charge is 0.0543 e. The summed E-state index contributed by atoms with van der Waals surface area (Å²) in [6.07, 6.45) is 0.917. The summed E-state index contributed by atoms with van der Waals surface area (Å²) in [7, 11) is 0. The molecule has 0 bridgehead atoms. The Morgan fingerprint density at radius 2 is 1.58 bits per heavy atom. The number of rotatable bonds is 5. The van der Waals surface area contributed by atoms with Crippen molar-refractivity contribution in [2.45, 2.75) is 52.7 Å². The van der Waals surface area contributed by atoms with Crippen LogP contribution >= 0.6 is 0 Å². The molecule has 2 heteroatoms. The molecule has 2 N–H and O–H groups in total. The van der Waals surface area contributed by atoms with Gasteiger partial charge < -0.3 is 10.2 Å². The molecule has 2 nitrogen and oxygen atoms in total. The molecule has 0 spiro atoms. The van der Waals surface area contributed by atoms with Crippen LogP contribution in [0.2, 0.25) is 0 Å². The fourth-order valence-electron chi connectivity index (χ4n) is 1.51. The summed E-state index contributed by atoms with van der Waals surface area (Å²) in [5.74, 6) is 0.658. The van der Waals surface area contributed by atoms with Gasteiger partial charge in [0.1, 0.15) is 0 Å². The molecule has 0 aliphatic rings. The van der Waals surface area contributed by atoms with E-state index in [9.17, 15) is 10.2 Å². The second-order valence-corrected chi connectivity index (χ2v) is 3.95. The molecule has 0 aromatic carbocycles. The van der Waals surface area contributed by atoms with E-state index in [2.05, 4.69) is 13.8 Å². The van der Waals surface area contributed by atoms with E-state index in [1.807, 2.05) is 6.92 Å². The van der Waals surface area contributed by atoms with E-state index in [0.29, 0.717) is 12.3 Å². The predicted octanol–water partition coefficient (Wildman–Crippen LogP) is 1.80. The molecule has 0 rings (SSSR count). The average molecular weight is 174 g/mol. The Hall–Kier alpha value is -0.0800. The Labute approximate surface area is 75.6 Å². The van der Waals surface area contributed by atoms with Crippen molar-refractivity contribution in [2.24, 2.45) is 11.8 Å². The van der Waals surface area contributed by atoms with E-state index in [4.69, 9.17) is 0 Å². The summed E-state index contributed by atoms with van der Waals surface area (Å²) in [5.41, 5.74) is 0. The highest BCUT2D eigenvalue weighted by atomic mass is 16.3. The first-order valence-electron chi connectivity index (χ1n) is 4.85. The van der Waals surface area contributed by atoms with Crippen molar-refractivity contribution in [1.29, 1.82) is 0 Å². The lowest BCUT2D eigenvalue weighted by Crippen LogP contribution is -2.26. The lowest BCUT2D eigenvalue weighted by Gasteiger charge is -2.25. The van der Waals surface area contributed by atoms with E-state index >= 15 is 0 Å². The van der Waals surface area contributed by atoms with Gasteiger partial charge in [-0.25, -0.2) is 0 Å². The van der Waals surface area contributed by atoms with Gasteiger partial charge in [-0.3, -0.25) is 0 Å². The molecule has 0 heterocycles. The fraction of sp³-hybridized carbons (Fsp3) is 1.00. The zero-order valence-electron chi connectivity index (χ0n) is 8.62. The van der Waals surface area contributed by atoms with Crippen LogP contribution in [0.4, 0.5) is 0 Å². The molecule has 0 aliphatic heterocycles. The Morgan fingerprint density at radius 1 is 1.08 bits per heavy atom. The van der Waals surface area contributed by atoms with Gasteiger partial charge in [0, 0.05) is 0 Å². The van der Waals surface area contributed by atoms with Crippen molar-refractivity contribution >= 4 is 0 Å². The van der Waals surface area contributed by atoms with Crippen LogP contribution < -0.4 is 0 Å². The van der Waals surface area contributed by atoms with E-state index < -0.39 is 0 Å². The molecule has 3 unspecified atom stereocenters. The minimum Gasteiger partial charge on any atom is -0.393 e. The second-order valence-electron chi connectivity index (χ2n) is 3.95. The minimum atomic E-state index is -0.314. The number of aliphatic hydroxyl groups is 2. The zero-order chi connectivity index (χ0) is 9.72. The van der Waals surface area contributed by atoms with Crippen LogP contribution in [-0.2, 0) is 0 Å². The predicted molar refractivity (Wildman–Crippen MR) is 50.9 cm³/mol. The van der Waals surface area contributed by atoms with Crippen molar-refractivity contribution < 1.29 is 10.2 Å². The maximum Gasteiger partial charge on any atom is 0.0543 e. The second kappa shape index (κ2) is 5.55. The Kier molecular flexibility index (Phi) is 5.51. The van der Waals surface area contributed by atoms with E-state index in [-0.39, 0.29) is 18.1 Å². The number of hydrogen-bond donors (Lipinski definition) is 2. The molecule has 0 aliphatic carbocycles. The van der Waals surface area contributed by atoms with Gasteiger partial charge in [-0.15, -0.1) is 0 Å². The van der Waals surface area contributed by atoms with Gasteiger partial charge in [0.05, 0.1) is 12.2 Å². The third-order valence-electron chi connectivity index (χ3n) is 2.49. The molecule has 74 valence electrons. The molecule has 0 aromatic heterocycles. The van der Waals surface area contributed by atoms with Gasteiger partial charge in [0.25, 0.3) is 0 Å². The minimum absolute atomic E-state index is 0.222. The summed E-state index contributed by atoms with van der Waals surface area (Å²) in [6.45, 7) is 7.93. The highest BCUT2D eigenvalue weighted by molar-refractivity contribution is 4.71.